The summed E-state index contributed by atoms with van der Waals surface area (Å²) >= 11 is 0.441. The normalized spacial score (nSPS) is 11.8. The number of carbonyl (C=O) groups is 1. The summed E-state index contributed by atoms with van der Waals surface area (Å²) in [5.41, 5.74) is -1.20. The van der Waals surface area contributed by atoms with Crippen molar-refractivity contribution >= 4 is 23.4 Å². The average Bonchev–Trinajstić information content (AvgIpc) is 2.80. The van der Waals surface area contributed by atoms with Crippen LogP contribution < -0.4 is 5.32 Å². The zero-order valence-electron chi connectivity index (χ0n) is 17.5. The molecule has 184 valence electrons. The van der Waals surface area contributed by atoms with E-state index in [1.54, 1.807) is 0 Å². The molecule has 0 radical (unpaired) electrons. The maximum absolute atomic E-state index is 12.9. The Hall–Kier alpha value is -3.61. The van der Waals surface area contributed by atoms with Gasteiger partial charge in [0.1, 0.15) is 0 Å². The third-order valence-corrected chi connectivity index (χ3v) is 5.63. The zero-order chi connectivity index (χ0) is 25.8. The second-order valence-electron chi connectivity index (χ2n) is 7.15. The van der Waals surface area contributed by atoms with Crippen LogP contribution >= 0.6 is 11.8 Å². The van der Waals surface area contributed by atoms with Crippen LogP contribution in [0, 0.1) is 10.1 Å². The number of aromatic nitrogens is 1. The summed E-state index contributed by atoms with van der Waals surface area (Å²) in [6.45, 7) is -0.218. The lowest BCUT2D eigenvalue weighted by molar-refractivity contribution is -0.384. The first-order valence-corrected chi connectivity index (χ1v) is 10.7. The van der Waals surface area contributed by atoms with Crippen LogP contribution in [-0.2, 0) is 12.7 Å². The van der Waals surface area contributed by atoms with Gasteiger partial charge in [0, 0.05) is 29.3 Å². The van der Waals surface area contributed by atoms with Crippen molar-refractivity contribution in [3.63, 3.8) is 0 Å². The Balaban J connectivity index is 1.83. The number of hydrogen-bond acceptors (Lipinski definition) is 5. The summed E-state index contributed by atoms with van der Waals surface area (Å²) in [5, 5.41) is 13.9. The molecule has 3 rings (SSSR count). The molecular weight excluding hydrogens is 500 g/mol. The quantitative estimate of drug-likeness (QED) is 0.174. The van der Waals surface area contributed by atoms with E-state index in [1.165, 1.54) is 42.6 Å². The fourth-order valence-corrected chi connectivity index (χ4v) is 3.69. The summed E-state index contributed by atoms with van der Waals surface area (Å²) < 4.78 is 76.2. The number of alkyl halides is 6. The minimum atomic E-state index is -4.54. The highest BCUT2D eigenvalue weighted by Gasteiger charge is 2.30. The van der Waals surface area contributed by atoms with E-state index in [-0.39, 0.29) is 33.8 Å². The first-order chi connectivity index (χ1) is 16.3. The Morgan fingerprint density at radius 2 is 1.77 bits per heavy atom. The van der Waals surface area contributed by atoms with Crippen LogP contribution in [0.5, 0.6) is 0 Å². The van der Waals surface area contributed by atoms with E-state index in [1.807, 2.05) is 0 Å². The molecule has 0 atom stereocenters. The van der Waals surface area contributed by atoms with Gasteiger partial charge < -0.3 is 5.32 Å². The van der Waals surface area contributed by atoms with Crippen molar-refractivity contribution in [3.05, 3.63) is 87.6 Å². The molecule has 3 aromatic rings. The molecule has 1 heterocycles. The molecule has 35 heavy (non-hydrogen) atoms. The first kappa shape index (κ1) is 26.0. The second kappa shape index (κ2) is 10.3. The summed E-state index contributed by atoms with van der Waals surface area (Å²) in [6.07, 6.45) is -7.79. The first-order valence-electron chi connectivity index (χ1n) is 9.72. The van der Waals surface area contributed by atoms with Gasteiger partial charge in [-0.3, -0.25) is 19.9 Å². The molecule has 0 aliphatic rings. The van der Waals surface area contributed by atoms with Gasteiger partial charge in [0.2, 0.25) is 0 Å². The number of amides is 1. The zero-order valence-corrected chi connectivity index (χ0v) is 18.3. The molecule has 2 aromatic carbocycles. The predicted octanol–water partition coefficient (Wildman–Crippen LogP) is 6.26. The van der Waals surface area contributed by atoms with Gasteiger partial charge in [-0.25, -0.2) is 0 Å². The number of nitro groups is 1. The van der Waals surface area contributed by atoms with Crippen LogP contribution in [0.4, 0.5) is 32.0 Å². The van der Waals surface area contributed by atoms with Gasteiger partial charge in [-0.15, -0.1) is 11.8 Å². The SMILES string of the molecule is O=C(NCc1cccc(C(F)(F)F)c1)c1ccnc(-c2cc(SCC(F)(F)F)ccc2[N+](=O)[O-])c1. The number of nitrogens with zero attached hydrogens (tertiary/aromatic N) is 2. The number of nitrogens with one attached hydrogen (secondary N) is 1. The number of rotatable bonds is 7. The maximum Gasteiger partial charge on any atom is 0.416 e. The molecule has 0 unspecified atom stereocenters. The van der Waals surface area contributed by atoms with E-state index >= 15 is 0 Å². The van der Waals surface area contributed by atoms with E-state index in [0.717, 1.165) is 18.2 Å². The summed E-state index contributed by atoms with van der Waals surface area (Å²) in [4.78, 5) is 27.4. The predicted molar refractivity (Wildman–Crippen MR) is 116 cm³/mol. The van der Waals surface area contributed by atoms with Gasteiger partial charge >= 0.3 is 12.4 Å². The molecule has 13 heteroatoms. The van der Waals surface area contributed by atoms with E-state index in [2.05, 4.69) is 10.3 Å². The summed E-state index contributed by atoms with van der Waals surface area (Å²) in [5.74, 6) is -1.88. The molecule has 0 bridgehead atoms. The maximum atomic E-state index is 12.9. The average molecular weight is 515 g/mol. The monoisotopic (exact) mass is 515 g/mol. The Morgan fingerprint density at radius 1 is 1.03 bits per heavy atom. The highest BCUT2D eigenvalue weighted by Crippen LogP contribution is 2.35. The Kier molecular flexibility index (Phi) is 7.68. The lowest BCUT2D eigenvalue weighted by Gasteiger charge is -2.11. The Bertz CT molecular complexity index is 1250. The topological polar surface area (TPSA) is 85.1 Å². The van der Waals surface area contributed by atoms with Crippen LogP contribution in [0.1, 0.15) is 21.5 Å². The van der Waals surface area contributed by atoms with Gasteiger partial charge in [-0.1, -0.05) is 12.1 Å². The second-order valence-corrected chi connectivity index (χ2v) is 8.20. The van der Waals surface area contributed by atoms with E-state index < -0.39 is 40.2 Å². The highest BCUT2D eigenvalue weighted by molar-refractivity contribution is 7.99. The van der Waals surface area contributed by atoms with Crippen molar-refractivity contribution in [2.24, 2.45) is 0 Å². The highest BCUT2D eigenvalue weighted by atomic mass is 32.2. The molecule has 0 aliphatic carbocycles. The van der Waals surface area contributed by atoms with Gasteiger partial charge in [0.25, 0.3) is 11.6 Å². The molecule has 6 nitrogen and oxygen atoms in total. The minimum absolute atomic E-state index is 0.00428. The lowest BCUT2D eigenvalue weighted by Crippen LogP contribution is -2.23. The van der Waals surface area contributed by atoms with Crippen molar-refractivity contribution in [2.45, 2.75) is 23.8 Å². The molecular formula is C22H15F6N3O3S. The lowest BCUT2D eigenvalue weighted by atomic mass is 10.1. The Labute approximate surface area is 198 Å². The molecule has 1 aromatic heterocycles. The number of thioether (sulfide) groups is 1. The van der Waals surface area contributed by atoms with Gasteiger partial charge in [0.05, 0.1) is 27.5 Å². The molecule has 1 amide bonds. The molecule has 0 spiro atoms. The van der Waals surface area contributed by atoms with E-state index in [4.69, 9.17) is 0 Å². The molecule has 1 N–H and O–H groups in total. The molecule has 0 aliphatic heterocycles. The Morgan fingerprint density at radius 3 is 2.43 bits per heavy atom. The van der Waals surface area contributed by atoms with Crippen LogP contribution in [0.15, 0.2) is 65.7 Å². The standard InChI is InChI=1S/C22H15F6N3O3S/c23-21(24,25)12-35-16-4-5-19(31(33)34)17(10-16)18-9-14(6-7-29-18)20(32)30-11-13-2-1-3-15(8-13)22(26,27)28/h1-10H,11-12H2,(H,30,32). The van der Waals surface area contributed by atoms with Crippen LogP contribution in [-0.4, -0.2) is 27.7 Å². The van der Waals surface area contributed by atoms with Gasteiger partial charge in [-0.2, -0.15) is 26.3 Å². The van der Waals surface area contributed by atoms with Gasteiger partial charge in [-0.05, 0) is 42.0 Å². The smallest absolute Gasteiger partial charge is 0.348 e. The molecule has 0 saturated carbocycles. The number of halogens is 6. The number of benzene rings is 2. The number of hydrogen-bond donors (Lipinski definition) is 1. The third kappa shape index (κ3) is 7.18. The summed E-state index contributed by atoms with van der Waals surface area (Å²) in [6, 6.07) is 10.3. The number of pyridine rings is 1. The van der Waals surface area contributed by atoms with Gasteiger partial charge in [0.15, 0.2) is 0 Å². The number of carbonyl (C=O) groups excluding carboxylic acids is 1. The largest absolute Gasteiger partial charge is 0.416 e. The van der Waals surface area contributed by atoms with Crippen molar-refractivity contribution in [1.82, 2.24) is 10.3 Å². The van der Waals surface area contributed by atoms with E-state index in [9.17, 15) is 41.3 Å². The van der Waals surface area contributed by atoms with Crippen LogP contribution in [0.2, 0.25) is 0 Å². The van der Waals surface area contributed by atoms with Crippen LogP contribution in [0.25, 0.3) is 11.3 Å². The fraction of sp³-hybridized carbons (Fsp3) is 0.182. The van der Waals surface area contributed by atoms with Crippen molar-refractivity contribution in [3.8, 4) is 11.3 Å². The van der Waals surface area contributed by atoms with Crippen molar-refractivity contribution < 1.29 is 36.1 Å². The third-order valence-electron chi connectivity index (χ3n) is 4.57. The van der Waals surface area contributed by atoms with Crippen molar-refractivity contribution in [1.29, 1.82) is 0 Å². The van der Waals surface area contributed by atoms with Crippen molar-refractivity contribution in [2.75, 3.05) is 5.75 Å². The van der Waals surface area contributed by atoms with Crippen LogP contribution in [0.3, 0.4) is 0 Å². The number of nitro benzene ring substituents is 1. The van der Waals surface area contributed by atoms with E-state index in [0.29, 0.717) is 11.8 Å². The molecule has 0 fully saturated rings. The molecule has 0 saturated heterocycles. The minimum Gasteiger partial charge on any atom is -0.348 e. The summed E-state index contributed by atoms with van der Waals surface area (Å²) in [7, 11) is 0. The fourth-order valence-electron chi connectivity index (χ4n) is 3.00.